The van der Waals surface area contributed by atoms with Crippen LogP contribution in [0.1, 0.15) is 5.56 Å². The number of benzene rings is 2. The summed E-state index contributed by atoms with van der Waals surface area (Å²) in [5.74, 6) is -3.00. The van der Waals surface area contributed by atoms with E-state index in [9.17, 15) is 13.2 Å². The van der Waals surface area contributed by atoms with Crippen LogP contribution in [-0.4, -0.2) is 0 Å². The first-order chi connectivity index (χ1) is 8.56. The van der Waals surface area contributed by atoms with Gasteiger partial charge in [-0.3, -0.25) is 0 Å². The monoisotopic (exact) mass is 315 g/mol. The Morgan fingerprint density at radius 2 is 1.50 bits per heavy atom. The lowest BCUT2D eigenvalue weighted by Gasteiger charge is -2.08. The minimum Gasteiger partial charge on any atom is -0.381 e. The smallest absolute Gasteiger partial charge is 0.161 e. The Kier molecular flexibility index (Phi) is 3.91. The molecule has 0 unspecified atom stereocenters. The highest BCUT2D eigenvalue weighted by Crippen LogP contribution is 2.17. The largest absolute Gasteiger partial charge is 0.381 e. The molecular weight excluding hydrogens is 307 g/mol. The minimum absolute atomic E-state index is 0.0804. The van der Waals surface area contributed by atoms with Crippen LogP contribution in [-0.2, 0) is 6.54 Å². The normalized spacial score (nSPS) is 10.4. The molecule has 0 amide bonds. The molecule has 2 aromatic carbocycles. The Labute approximate surface area is 111 Å². The van der Waals surface area contributed by atoms with Gasteiger partial charge in [-0.15, -0.1) is 0 Å². The number of hydrogen-bond donors (Lipinski definition) is 1. The summed E-state index contributed by atoms with van der Waals surface area (Å²) in [7, 11) is 0. The standard InChI is InChI=1S/C13H9BrF3N/c14-9-1-3-10(4-2-9)18-7-8-5-12(16)13(17)6-11(8)15/h1-6,18H,7H2. The summed E-state index contributed by atoms with van der Waals surface area (Å²) >= 11 is 3.29. The molecule has 94 valence electrons. The Bertz CT molecular complexity index is 555. The maximum atomic E-state index is 13.3. The first-order valence-electron chi connectivity index (χ1n) is 5.19. The second-order valence-corrected chi connectivity index (χ2v) is 4.63. The highest BCUT2D eigenvalue weighted by atomic mass is 79.9. The second kappa shape index (κ2) is 5.44. The van der Waals surface area contributed by atoms with Crippen LogP contribution in [0.4, 0.5) is 18.9 Å². The Balaban J connectivity index is 2.10. The van der Waals surface area contributed by atoms with Gasteiger partial charge >= 0.3 is 0 Å². The number of hydrogen-bond acceptors (Lipinski definition) is 1. The molecule has 0 aliphatic heterocycles. The quantitative estimate of drug-likeness (QED) is 0.823. The van der Waals surface area contributed by atoms with E-state index in [-0.39, 0.29) is 12.1 Å². The van der Waals surface area contributed by atoms with Crippen molar-refractivity contribution < 1.29 is 13.2 Å². The van der Waals surface area contributed by atoms with Gasteiger partial charge in [0.1, 0.15) is 5.82 Å². The first-order valence-corrected chi connectivity index (χ1v) is 5.98. The van der Waals surface area contributed by atoms with Crippen LogP contribution in [0, 0.1) is 17.5 Å². The van der Waals surface area contributed by atoms with Crippen LogP contribution >= 0.6 is 15.9 Å². The van der Waals surface area contributed by atoms with Crippen molar-refractivity contribution in [3.63, 3.8) is 0 Å². The summed E-state index contributed by atoms with van der Waals surface area (Å²) in [4.78, 5) is 0. The molecule has 1 nitrogen and oxygen atoms in total. The summed E-state index contributed by atoms with van der Waals surface area (Å²) < 4.78 is 40.0. The van der Waals surface area contributed by atoms with Gasteiger partial charge in [-0.1, -0.05) is 15.9 Å². The molecule has 1 N–H and O–H groups in total. The molecule has 0 atom stereocenters. The van der Waals surface area contributed by atoms with Crippen LogP contribution in [0.2, 0.25) is 0 Å². The Hall–Kier alpha value is -1.49. The molecule has 0 aliphatic rings. The molecule has 5 heteroatoms. The molecule has 0 aromatic heterocycles. The fourth-order valence-corrected chi connectivity index (χ4v) is 1.73. The van der Waals surface area contributed by atoms with Crippen molar-refractivity contribution in [2.75, 3.05) is 5.32 Å². The lowest BCUT2D eigenvalue weighted by atomic mass is 10.2. The zero-order valence-corrected chi connectivity index (χ0v) is 10.8. The molecule has 0 spiro atoms. The van der Waals surface area contributed by atoms with E-state index in [1.807, 2.05) is 12.1 Å². The van der Waals surface area contributed by atoms with E-state index in [2.05, 4.69) is 21.2 Å². The molecule has 2 rings (SSSR count). The summed E-state index contributed by atoms with van der Waals surface area (Å²) in [5, 5.41) is 2.93. The van der Waals surface area contributed by atoms with E-state index in [1.54, 1.807) is 12.1 Å². The Morgan fingerprint density at radius 3 is 2.17 bits per heavy atom. The van der Waals surface area contributed by atoms with Gasteiger partial charge in [0, 0.05) is 28.3 Å². The van der Waals surface area contributed by atoms with Crippen LogP contribution in [0.25, 0.3) is 0 Å². The average Bonchev–Trinajstić information content (AvgIpc) is 2.34. The van der Waals surface area contributed by atoms with Gasteiger partial charge in [0.15, 0.2) is 11.6 Å². The molecule has 2 aromatic rings. The van der Waals surface area contributed by atoms with Crippen molar-refractivity contribution in [3.05, 3.63) is 63.9 Å². The molecule has 0 aliphatic carbocycles. The molecule has 18 heavy (non-hydrogen) atoms. The highest BCUT2D eigenvalue weighted by molar-refractivity contribution is 9.10. The predicted molar refractivity (Wildman–Crippen MR) is 67.8 cm³/mol. The fourth-order valence-electron chi connectivity index (χ4n) is 1.46. The van der Waals surface area contributed by atoms with Gasteiger partial charge in [0.25, 0.3) is 0 Å². The SMILES string of the molecule is Fc1cc(F)c(CNc2ccc(Br)cc2)cc1F. The highest BCUT2D eigenvalue weighted by Gasteiger charge is 2.09. The van der Waals surface area contributed by atoms with Gasteiger partial charge < -0.3 is 5.32 Å². The molecule has 0 radical (unpaired) electrons. The third kappa shape index (κ3) is 3.04. The fraction of sp³-hybridized carbons (Fsp3) is 0.0769. The van der Waals surface area contributed by atoms with Gasteiger partial charge in [-0.05, 0) is 30.3 Å². The third-order valence-corrected chi connectivity index (χ3v) is 2.95. The summed E-state index contributed by atoms with van der Waals surface area (Å²) in [5.41, 5.74) is 0.846. The summed E-state index contributed by atoms with van der Waals surface area (Å²) in [6.07, 6.45) is 0. The van der Waals surface area contributed by atoms with Crippen LogP contribution in [0.5, 0.6) is 0 Å². The second-order valence-electron chi connectivity index (χ2n) is 3.72. The van der Waals surface area contributed by atoms with Crippen LogP contribution in [0.3, 0.4) is 0 Å². The van der Waals surface area contributed by atoms with Gasteiger partial charge in [0.2, 0.25) is 0 Å². The van der Waals surface area contributed by atoms with Crippen molar-refractivity contribution >= 4 is 21.6 Å². The van der Waals surface area contributed by atoms with E-state index in [1.165, 1.54) is 0 Å². The van der Waals surface area contributed by atoms with Gasteiger partial charge in [-0.25, -0.2) is 13.2 Å². The first kappa shape index (κ1) is 13.0. The van der Waals surface area contributed by atoms with Crippen LogP contribution < -0.4 is 5.32 Å². The molecule has 0 bridgehead atoms. The lowest BCUT2D eigenvalue weighted by Crippen LogP contribution is -2.03. The summed E-state index contributed by atoms with van der Waals surface area (Å²) in [6.45, 7) is 0.0880. The van der Waals surface area contributed by atoms with E-state index in [4.69, 9.17) is 0 Å². The van der Waals surface area contributed by atoms with E-state index in [0.717, 1.165) is 16.2 Å². The Morgan fingerprint density at radius 1 is 0.889 bits per heavy atom. The number of anilines is 1. The van der Waals surface area contributed by atoms with E-state index < -0.39 is 17.5 Å². The maximum Gasteiger partial charge on any atom is 0.161 e. The molecule has 0 fully saturated rings. The molecule has 0 saturated heterocycles. The number of halogens is 4. The lowest BCUT2D eigenvalue weighted by molar-refractivity contribution is 0.490. The predicted octanol–water partition coefficient (Wildman–Crippen LogP) is 4.48. The van der Waals surface area contributed by atoms with Crippen molar-refractivity contribution in [3.8, 4) is 0 Å². The maximum absolute atomic E-state index is 13.3. The zero-order valence-electron chi connectivity index (χ0n) is 9.18. The number of nitrogens with one attached hydrogen (secondary N) is 1. The minimum atomic E-state index is -1.18. The zero-order chi connectivity index (χ0) is 13.1. The topological polar surface area (TPSA) is 12.0 Å². The molecule has 0 heterocycles. The van der Waals surface area contributed by atoms with Gasteiger partial charge in [-0.2, -0.15) is 0 Å². The van der Waals surface area contributed by atoms with E-state index in [0.29, 0.717) is 6.07 Å². The number of rotatable bonds is 3. The van der Waals surface area contributed by atoms with Gasteiger partial charge in [0.05, 0.1) is 0 Å². The van der Waals surface area contributed by atoms with Crippen LogP contribution in [0.15, 0.2) is 40.9 Å². The summed E-state index contributed by atoms with van der Waals surface area (Å²) in [6, 6.07) is 8.64. The molecule has 0 saturated carbocycles. The van der Waals surface area contributed by atoms with Crippen molar-refractivity contribution in [2.45, 2.75) is 6.54 Å². The average molecular weight is 316 g/mol. The van der Waals surface area contributed by atoms with Crippen molar-refractivity contribution in [1.82, 2.24) is 0 Å². The third-order valence-electron chi connectivity index (χ3n) is 2.42. The van der Waals surface area contributed by atoms with Crippen molar-refractivity contribution in [2.24, 2.45) is 0 Å². The van der Waals surface area contributed by atoms with E-state index >= 15 is 0 Å². The molecular formula is C13H9BrF3N. The van der Waals surface area contributed by atoms with Crippen molar-refractivity contribution in [1.29, 1.82) is 0 Å².